The Kier molecular flexibility index (Phi) is 11.6. The van der Waals surface area contributed by atoms with Crippen LogP contribution in [0.15, 0.2) is 36.2 Å². The Bertz CT molecular complexity index is 2290. The summed E-state index contributed by atoms with van der Waals surface area (Å²) in [5.41, 5.74) is 0.912. The molecule has 3 fully saturated rings. The molecule has 2 bridgehead atoms. The molecule has 0 amide bonds. The van der Waals surface area contributed by atoms with Crippen LogP contribution in [0.3, 0.4) is 0 Å². The second-order valence-corrected chi connectivity index (χ2v) is 32.5. The molecule has 4 aromatic heterocycles. The molecule has 3 aliphatic heterocycles. The van der Waals surface area contributed by atoms with Crippen molar-refractivity contribution in [3.05, 3.63) is 41.7 Å². The Morgan fingerprint density at radius 2 is 1.39 bits per heavy atom. The minimum absolute atomic E-state index is 0.104. The van der Waals surface area contributed by atoms with Crippen molar-refractivity contribution in [1.29, 1.82) is 0 Å². The first-order valence-electron chi connectivity index (χ1n) is 18.4. The van der Waals surface area contributed by atoms with Crippen molar-refractivity contribution in [3.8, 4) is 0 Å². The molecule has 19 nitrogen and oxygen atoms in total. The highest BCUT2D eigenvalue weighted by Crippen LogP contribution is 2.56. The monoisotopic (exact) mass is 904 g/mol. The molecule has 3 saturated heterocycles. The lowest BCUT2D eigenvalue weighted by Crippen LogP contribution is -2.50. The average molecular weight is 905 g/mol. The minimum Gasteiger partial charge on any atom is -0.408 e. The molecular formula is C32H50N8O11P2S2Si2. The standard InChI is InChI=1S/C32H50N8O11P2S2Si2/c1-31(2,3)56(7,8)50-24-21-14-45-52(42,54)48-23-20(13-44-53(43,55)49-25(24)29(47-21)39-17-36-22-19(39)12-37-38-28(22)41)46-30(26(23)51-57(9,10)32(4,5)6)40-16-35-18-11-33-15-34-27(18)40/h11-12,15-17,20-21,23-26,29-30H,13-14H2,1-10H3,(H,38,41)(H,42,54)(H,43,55)/t20-,21-,23-,24-,25-,26-,29?,30-,52?,53?/m1/s1. The van der Waals surface area contributed by atoms with E-state index in [1.165, 1.54) is 18.9 Å². The maximum absolute atomic E-state index is 12.6. The van der Waals surface area contributed by atoms with Crippen LogP contribution in [0.1, 0.15) is 54.0 Å². The fourth-order valence-electron chi connectivity index (χ4n) is 6.43. The molecule has 7 heterocycles. The highest BCUT2D eigenvalue weighted by Gasteiger charge is 2.57. The lowest BCUT2D eigenvalue weighted by molar-refractivity contribution is -0.0603. The third kappa shape index (κ3) is 8.59. The van der Waals surface area contributed by atoms with Gasteiger partial charge in [-0.25, -0.2) is 25.0 Å². The summed E-state index contributed by atoms with van der Waals surface area (Å²) in [7, 11) is -5.23. The number of ether oxygens (including phenoxy) is 2. The number of imidazole rings is 2. The molecule has 3 aliphatic rings. The van der Waals surface area contributed by atoms with Crippen molar-refractivity contribution in [3.63, 3.8) is 0 Å². The van der Waals surface area contributed by atoms with Crippen LogP contribution >= 0.6 is 13.4 Å². The average Bonchev–Trinajstić information content (AvgIpc) is 3.86. The van der Waals surface area contributed by atoms with E-state index in [-0.39, 0.29) is 28.8 Å². The quantitative estimate of drug-likeness (QED) is 0.175. The highest BCUT2D eigenvalue weighted by molar-refractivity contribution is 8.07. The number of aromatic amines is 1. The number of hydrogen-bond donors (Lipinski definition) is 3. The molecule has 3 N–H and O–H groups in total. The summed E-state index contributed by atoms with van der Waals surface area (Å²) < 4.78 is 55.6. The summed E-state index contributed by atoms with van der Waals surface area (Å²) in [4.78, 5) is 53.7. The molecule has 0 aliphatic carbocycles. The van der Waals surface area contributed by atoms with Gasteiger partial charge in [0.15, 0.2) is 40.3 Å². The van der Waals surface area contributed by atoms with E-state index < -0.39 is 84.7 Å². The Hall–Kier alpha value is -1.77. The van der Waals surface area contributed by atoms with Crippen molar-refractivity contribution >= 4 is 75.9 Å². The van der Waals surface area contributed by atoms with Gasteiger partial charge in [0.1, 0.15) is 48.5 Å². The molecule has 4 aromatic rings. The van der Waals surface area contributed by atoms with Gasteiger partial charge in [-0.1, -0.05) is 41.5 Å². The van der Waals surface area contributed by atoms with Gasteiger partial charge in [0.25, 0.3) is 5.56 Å². The summed E-state index contributed by atoms with van der Waals surface area (Å²) in [5, 5.41) is 5.81. The molecule has 0 radical (unpaired) electrons. The number of nitrogens with one attached hydrogen (secondary N) is 1. The van der Waals surface area contributed by atoms with Crippen LogP contribution in [0.25, 0.3) is 22.2 Å². The van der Waals surface area contributed by atoms with Crippen LogP contribution in [-0.2, 0) is 60.0 Å². The topological polar surface area (TPSA) is 221 Å². The Balaban J connectivity index is 1.30. The van der Waals surface area contributed by atoms with Gasteiger partial charge in [0, 0.05) is 0 Å². The van der Waals surface area contributed by atoms with E-state index in [0.717, 1.165) is 0 Å². The second kappa shape index (κ2) is 15.3. The fraction of sp³-hybridized carbons (Fsp3) is 0.688. The van der Waals surface area contributed by atoms with Crippen molar-refractivity contribution in [2.45, 2.75) is 127 Å². The molecule has 57 heavy (non-hydrogen) atoms. The van der Waals surface area contributed by atoms with Crippen molar-refractivity contribution in [2.75, 3.05) is 13.2 Å². The molecule has 0 saturated carbocycles. The molecule has 314 valence electrons. The molecule has 7 rings (SSSR count). The van der Waals surface area contributed by atoms with Gasteiger partial charge in [0.2, 0.25) is 0 Å². The summed E-state index contributed by atoms with van der Waals surface area (Å²) in [6.45, 7) is 11.8. The molecule has 25 heteroatoms. The first-order chi connectivity index (χ1) is 26.4. The lowest BCUT2D eigenvalue weighted by atomic mass is 10.1. The van der Waals surface area contributed by atoms with E-state index in [0.29, 0.717) is 16.7 Å². The van der Waals surface area contributed by atoms with Gasteiger partial charge in [-0.15, -0.1) is 0 Å². The Morgan fingerprint density at radius 1 is 0.807 bits per heavy atom. The maximum atomic E-state index is 12.6. The number of H-pyrrole nitrogens is 1. The Labute approximate surface area is 341 Å². The van der Waals surface area contributed by atoms with E-state index in [9.17, 15) is 14.6 Å². The zero-order valence-electron chi connectivity index (χ0n) is 33.3. The van der Waals surface area contributed by atoms with Crippen LogP contribution in [0, 0.1) is 0 Å². The fourth-order valence-corrected chi connectivity index (χ4v) is 11.9. The van der Waals surface area contributed by atoms with Gasteiger partial charge in [-0.05, 0) is 59.9 Å². The van der Waals surface area contributed by atoms with Crippen LogP contribution in [0.4, 0.5) is 0 Å². The van der Waals surface area contributed by atoms with Crippen LogP contribution in [-0.4, -0.2) is 116 Å². The van der Waals surface area contributed by atoms with E-state index in [1.54, 1.807) is 21.7 Å². The normalized spacial score (nSPS) is 33.5. The summed E-state index contributed by atoms with van der Waals surface area (Å²) in [5.74, 6) is 0. The van der Waals surface area contributed by atoms with Gasteiger partial charge in [-0.3, -0.25) is 23.0 Å². The molecular weight excluding hydrogens is 855 g/mol. The van der Waals surface area contributed by atoms with Gasteiger partial charge in [0.05, 0.1) is 43.8 Å². The van der Waals surface area contributed by atoms with E-state index >= 15 is 0 Å². The Morgan fingerprint density at radius 3 is 2.04 bits per heavy atom. The molecule has 3 unspecified atom stereocenters. The zero-order valence-corrected chi connectivity index (χ0v) is 38.8. The molecule has 10 atom stereocenters. The highest BCUT2D eigenvalue weighted by atomic mass is 32.5. The first kappa shape index (κ1) is 43.3. The molecule has 0 spiro atoms. The predicted octanol–water partition coefficient (Wildman–Crippen LogP) is 4.79. The van der Waals surface area contributed by atoms with Gasteiger partial charge >= 0.3 is 13.4 Å². The number of fused-ring (bicyclic) bond motifs is 5. The van der Waals surface area contributed by atoms with E-state index in [4.69, 9.17) is 60.0 Å². The molecule has 0 aromatic carbocycles. The largest absolute Gasteiger partial charge is 0.408 e. The minimum atomic E-state index is -4.20. The van der Waals surface area contributed by atoms with E-state index in [2.05, 4.69) is 97.9 Å². The van der Waals surface area contributed by atoms with Crippen LogP contribution in [0.5, 0.6) is 0 Å². The van der Waals surface area contributed by atoms with E-state index in [1.807, 2.05) is 0 Å². The summed E-state index contributed by atoms with van der Waals surface area (Å²) in [6.07, 6.45) is -0.674. The van der Waals surface area contributed by atoms with Gasteiger partial charge < -0.3 is 37.2 Å². The third-order valence-electron chi connectivity index (χ3n) is 11.5. The summed E-state index contributed by atoms with van der Waals surface area (Å²) >= 11 is 11.4. The smallest absolute Gasteiger partial charge is 0.325 e. The first-order valence-corrected chi connectivity index (χ1v) is 29.4. The SMILES string of the molecule is CC(C)(C)[Si](C)(C)O[C@@H]1[C@@H]2OP(O)(=S)OC[C@H]3OC(n4cnc5c(=O)[nH]ncc54)[C@H](OP(O)(=S)OC[C@H]2O[C@H]1n1cnc2cncnc21)[C@@H]3O[Si](C)(C)C(C)(C)C. The number of aromatic nitrogens is 8. The second-order valence-electron chi connectivity index (χ2n) is 17.5. The van der Waals surface area contributed by atoms with Crippen molar-refractivity contribution < 1.29 is 46.2 Å². The number of nitrogens with zero attached hydrogens (tertiary/aromatic N) is 7. The van der Waals surface area contributed by atoms with Crippen LogP contribution in [0.2, 0.25) is 36.3 Å². The van der Waals surface area contributed by atoms with Crippen LogP contribution < -0.4 is 5.56 Å². The predicted molar refractivity (Wildman–Crippen MR) is 220 cm³/mol. The third-order valence-corrected chi connectivity index (χ3v) is 23.6. The zero-order chi connectivity index (χ0) is 41.5. The van der Waals surface area contributed by atoms with Crippen molar-refractivity contribution in [1.82, 2.24) is 39.3 Å². The van der Waals surface area contributed by atoms with Gasteiger partial charge in [-0.2, -0.15) is 5.10 Å². The number of rotatable bonds is 6. The maximum Gasteiger partial charge on any atom is 0.325 e. The van der Waals surface area contributed by atoms with Crippen molar-refractivity contribution in [2.24, 2.45) is 0 Å². The lowest BCUT2D eigenvalue weighted by Gasteiger charge is -2.41. The summed E-state index contributed by atoms with van der Waals surface area (Å²) in [6, 6.07) is 0. The number of hydrogen-bond acceptors (Lipinski definition) is 16.